The molecule has 6 heteroatoms. The highest BCUT2D eigenvalue weighted by molar-refractivity contribution is 7.91. The molecule has 22 heavy (non-hydrogen) atoms. The van der Waals surface area contributed by atoms with Crippen LogP contribution in [-0.2, 0) is 21.1 Å². The van der Waals surface area contributed by atoms with Gasteiger partial charge in [-0.3, -0.25) is 4.79 Å². The molecule has 1 aliphatic rings. The van der Waals surface area contributed by atoms with Crippen molar-refractivity contribution in [3.8, 4) is 0 Å². The van der Waals surface area contributed by atoms with Gasteiger partial charge in [-0.1, -0.05) is 19.1 Å². The summed E-state index contributed by atoms with van der Waals surface area (Å²) >= 11 is 0. The van der Waals surface area contributed by atoms with E-state index < -0.39 is 9.84 Å². The summed E-state index contributed by atoms with van der Waals surface area (Å²) in [6.45, 7) is 5.11. The summed E-state index contributed by atoms with van der Waals surface area (Å²) in [6.07, 6.45) is 1.74. The highest BCUT2D eigenvalue weighted by Crippen LogP contribution is 2.14. The van der Waals surface area contributed by atoms with Crippen LogP contribution in [0.5, 0.6) is 0 Å². The molecule has 1 fully saturated rings. The molecule has 0 saturated carbocycles. The zero-order valence-electron chi connectivity index (χ0n) is 13.0. The third-order valence-electron chi connectivity index (χ3n) is 3.85. The molecule has 1 amide bonds. The Morgan fingerprint density at radius 1 is 1.18 bits per heavy atom. The van der Waals surface area contributed by atoms with Crippen molar-refractivity contribution in [2.45, 2.75) is 31.1 Å². The van der Waals surface area contributed by atoms with Gasteiger partial charge in [-0.05, 0) is 30.5 Å². The fourth-order valence-electron chi connectivity index (χ4n) is 2.57. The van der Waals surface area contributed by atoms with E-state index in [4.69, 9.17) is 0 Å². The summed E-state index contributed by atoms with van der Waals surface area (Å²) < 4.78 is 23.9. The highest BCUT2D eigenvalue weighted by Gasteiger charge is 2.16. The molecule has 0 spiro atoms. The van der Waals surface area contributed by atoms with Crippen LogP contribution in [0.3, 0.4) is 0 Å². The molecular formula is C16H24N2O3S. The van der Waals surface area contributed by atoms with Gasteiger partial charge in [0, 0.05) is 32.6 Å². The lowest BCUT2D eigenvalue weighted by atomic mass is 10.1. The van der Waals surface area contributed by atoms with Gasteiger partial charge in [0.05, 0.1) is 10.6 Å². The maximum Gasteiger partial charge on any atom is 0.222 e. The molecule has 1 aliphatic heterocycles. The number of nitrogens with one attached hydrogen (secondary N) is 1. The van der Waals surface area contributed by atoms with Crippen molar-refractivity contribution < 1.29 is 13.2 Å². The predicted molar refractivity (Wildman–Crippen MR) is 86.6 cm³/mol. The Hall–Kier alpha value is -1.40. The second-order valence-electron chi connectivity index (χ2n) is 5.59. The van der Waals surface area contributed by atoms with Gasteiger partial charge in [-0.15, -0.1) is 0 Å². The van der Waals surface area contributed by atoms with Crippen LogP contribution < -0.4 is 5.32 Å². The van der Waals surface area contributed by atoms with E-state index in [-0.39, 0.29) is 11.7 Å². The van der Waals surface area contributed by atoms with Gasteiger partial charge in [0.2, 0.25) is 5.91 Å². The van der Waals surface area contributed by atoms with Crippen LogP contribution in [0.25, 0.3) is 0 Å². The summed E-state index contributed by atoms with van der Waals surface area (Å²) in [4.78, 5) is 14.3. The number of aryl methyl sites for hydroxylation is 1. The normalized spacial score (nSPS) is 15.8. The molecule has 1 aromatic carbocycles. The smallest absolute Gasteiger partial charge is 0.222 e. The first-order chi connectivity index (χ1) is 10.5. The second kappa shape index (κ2) is 7.74. The van der Waals surface area contributed by atoms with Gasteiger partial charge in [-0.25, -0.2) is 8.42 Å². The number of benzene rings is 1. The maximum absolute atomic E-state index is 12.1. The number of nitrogens with zero attached hydrogens (tertiary/aromatic N) is 1. The summed E-state index contributed by atoms with van der Waals surface area (Å²) in [5.41, 5.74) is 0.999. The molecule has 122 valence electrons. The van der Waals surface area contributed by atoms with Gasteiger partial charge in [0.25, 0.3) is 0 Å². The second-order valence-corrected chi connectivity index (χ2v) is 7.70. The van der Waals surface area contributed by atoms with Gasteiger partial charge in [-0.2, -0.15) is 0 Å². The Balaban J connectivity index is 1.90. The number of carbonyl (C=O) groups is 1. The van der Waals surface area contributed by atoms with Crippen LogP contribution in [0.1, 0.15) is 25.3 Å². The minimum atomic E-state index is -3.16. The van der Waals surface area contributed by atoms with Crippen LogP contribution in [0.15, 0.2) is 29.2 Å². The molecule has 0 radical (unpaired) electrons. The summed E-state index contributed by atoms with van der Waals surface area (Å²) in [5.74, 6) is 0.345. The number of piperazine rings is 1. The first-order valence-corrected chi connectivity index (χ1v) is 9.48. The summed E-state index contributed by atoms with van der Waals surface area (Å²) in [6, 6.07) is 6.92. The first-order valence-electron chi connectivity index (χ1n) is 7.83. The molecule has 1 saturated heterocycles. The zero-order chi connectivity index (χ0) is 16.0. The van der Waals surface area contributed by atoms with Gasteiger partial charge in [0.15, 0.2) is 9.84 Å². The van der Waals surface area contributed by atoms with Gasteiger partial charge >= 0.3 is 0 Å². The minimum absolute atomic E-state index is 0.171. The van der Waals surface area contributed by atoms with Crippen molar-refractivity contribution >= 4 is 15.7 Å². The highest BCUT2D eigenvalue weighted by atomic mass is 32.2. The molecule has 5 nitrogen and oxygen atoms in total. The number of sulfone groups is 1. The summed E-state index contributed by atoms with van der Waals surface area (Å²) in [7, 11) is -3.16. The molecule has 1 aromatic rings. The number of rotatable bonds is 6. The molecule has 1 N–H and O–H groups in total. The molecule has 1 heterocycles. The van der Waals surface area contributed by atoms with E-state index in [0.29, 0.717) is 24.2 Å². The van der Waals surface area contributed by atoms with E-state index in [1.54, 1.807) is 12.1 Å². The summed E-state index contributed by atoms with van der Waals surface area (Å²) in [5, 5.41) is 3.22. The molecule has 0 atom stereocenters. The number of amides is 1. The SMILES string of the molecule is CCCS(=O)(=O)c1ccc(CCC(=O)N2CCNCC2)cc1. The number of hydrogen-bond acceptors (Lipinski definition) is 4. The Kier molecular flexibility index (Phi) is 5.97. The van der Waals surface area contributed by atoms with E-state index in [9.17, 15) is 13.2 Å². The largest absolute Gasteiger partial charge is 0.340 e. The van der Waals surface area contributed by atoms with E-state index in [1.807, 2.05) is 24.0 Å². The van der Waals surface area contributed by atoms with Crippen LogP contribution in [0, 0.1) is 0 Å². The van der Waals surface area contributed by atoms with Crippen LogP contribution >= 0.6 is 0 Å². The van der Waals surface area contributed by atoms with Crippen LogP contribution in [-0.4, -0.2) is 51.2 Å². The Morgan fingerprint density at radius 2 is 1.82 bits per heavy atom. The van der Waals surface area contributed by atoms with Crippen molar-refractivity contribution in [3.05, 3.63) is 29.8 Å². The molecule has 0 aromatic heterocycles. The van der Waals surface area contributed by atoms with Crippen molar-refractivity contribution in [2.24, 2.45) is 0 Å². The Bertz CT molecular complexity index is 590. The van der Waals surface area contributed by atoms with Crippen LogP contribution in [0.2, 0.25) is 0 Å². The molecule has 0 aliphatic carbocycles. The zero-order valence-corrected chi connectivity index (χ0v) is 13.9. The Morgan fingerprint density at radius 3 is 2.41 bits per heavy atom. The van der Waals surface area contributed by atoms with Crippen molar-refractivity contribution in [1.82, 2.24) is 10.2 Å². The molecule has 0 bridgehead atoms. The number of hydrogen-bond donors (Lipinski definition) is 1. The fraction of sp³-hybridized carbons (Fsp3) is 0.562. The lowest BCUT2D eigenvalue weighted by Gasteiger charge is -2.27. The maximum atomic E-state index is 12.1. The topological polar surface area (TPSA) is 66.5 Å². The van der Waals surface area contributed by atoms with E-state index in [0.717, 1.165) is 31.7 Å². The standard InChI is InChI=1S/C16H24N2O3S/c1-2-13-22(20,21)15-6-3-14(4-7-15)5-8-16(19)18-11-9-17-10-12-18/h3-4,6-7,17H,2,5,8-13H2,1H3. The molecular weight excluding hydrogens is 300 g/mol. The third-order valence-corrected chi connectivity index (χ3v) is 5.79. The Labute approximate surface area is 132 Å². The van der Waals surface area contributed by atoms with E-state index >= 15 is 0 Å². The lowest BCUT2D eigenvalue weighted by Crippen LogP contribution is -2.46. The fourth-order valence-corrected chi connectivity index (χ4v) is 3.90. The monoisotopic (exact) mass is 324 g/mol. The predicted octanol–water partition coefficient (Wildman–Crippen LogP) is 1.23. The molecule has 2 rings (SSSR count). The van der Waals surface area contributed by atoms with Crippen LogP contribution in [0.4, 0.5) is 0 Å². The van der Waals surface area contributed by atoms with Crippen molar-refractivity contribution in [2.75, 3.05) is 31.9 Å². The average molecular weight is 324 g/mol. The minimum Gasteiger partial charge on any atom is -0.340 e. The number of carbonyl (C=O) groups excluding carboxylic acids is 1. The average Bonchev–Trinajstić information content (AvgIpc) is 2.54. The first kappa shape index (κ1) is 17.0. The van der Waals surface area contributed by atoms with E-state index in [2.05, 4.69) is 5.32 Å². The third kappa shape index (κ3) is 4.55. The quantitative estimate of drug-likeness (QED) is 0.855. The van der Waals surface area contributed by atoms with Crippen molar-refractivity contribution in [3.63, 3.8) is 0 Å². The van der Waals surface area contributed by atoms with Gasteiger partial charge < -0.3 is 10.2 Å². The van der Waals surface area contributed by atoms with Crippen molar-refractivity contribution in [1.29, 1.82) is 0 Å². The van der Waals surface area contributed by atoms with E-state index in [1.165, 1.54) is 0 Å². The van der Waals surface area contributed by atoms with Gasteiger partial charge in [0.1, 0.15) is 0 Å². The molecule has 0 unspecified atom stereocenters. The lowest BCUT2D eigenvalue weighted by molar-refractivity contribution is -0.131.